The van der Waals surface area contributed by atoms with Gasteiger partial charge in [-0.1, -0.05) is 291 Å². The summed E-state index contributed by atoms with van der Waals surface area (Å²) >= 11 is 0. The van der Waals surface area contributed by atoms with Crippen molar-refractivity contribution in [3.63, 3.8) is 0 Å². The van der Waals surface area contributed by atoms with Crippen LogP contribution in [0.15, 0.2) is 0 Å². The van der Waals surface area contributed by atoms with Crippen LogP contribution < -0.4 is 0 Å². The summed E-state index contributed by atoms with van der Waals surface area (Å²) in [6.45, 7) is 9.05. The minimum atomic E-state index is -0.761. The van der Waals surface area contributed by atoms with E-state index < -0.39 is 6.10 Å². The van der Waals surface area contributed by atoms with Crippen LogP contribution in [-0.2, 0) is 28.6 Å². The smallest absolute Gasteiger partial charge is 0.306 e. The Labute approximate surface area is 399 Å². The SMILES string of the molecule is CCCCCCCCCCCCCCCCCCCCCC(=O)OC[C@H](COC(=O)CCCCCCCCCCCCCCCCCC(C)C)OC(=O)CCCCCCCCCCC. The molecule has 0 radical (unpaired) electrons. The molecule has 6 heteroatoms. The van der Waals surface area contributed by atoms with Crippen LogP contribution in [0.2, 0.25) is 0 Å². The summed E-state index contributed by atoms with van der Waals surface area (Å²) in [5, 5.41) is 0. The summed E-state index contributed by atoms with van der Waals surface area (Å²) in [6, 6.07) is 0. The van der Waals surface area contributed by atoms with Gasteiger partial charge in [-0.15, -0.1) is 0 Å². The van der Waals surface area contributed by atoms with Gasteiger partial charge >= 0.3 is 17.9 Å². The zero-order valence-electron chi connectivity index (χ0n) is 43.8. The molecule has 0 aromatic carbocycles. The van der Waals surface area contributed by atoms with Gasteiger partial charge in [0.05, 0.1) is 0 Å². The van der Waals surface area contributed by atoms with Crippen molar-refractivity contribution in [3.8, 4) is 0 Å². The van der Waals surface area contributed by atoms with Gasteiger partial charge in [-0.05, 0) is 25.2 Å². The highest BCUT2D eigenvalue weighted by Crippen LogP contribution is 2.18. The molecule has 0 spiro atoms. The lowest BCUT2D eigenvalue weighted by Gasteiger charge is -2.18. The lowest BCUT2D eigenvalue weighted by atomic mass is 10.0. The van der Waals surface area contributed by atoms with Crippen molar-refractivity contribution in [2.45, 2.75) is 336 Å². The summed E-state index contributed by atoms with van der Waals surface area (Å²) in [6.07, 6.45) is 56.7. The molecule has 0 aromatic heterocycles. The molecule has 0 saturated heterocycles. The van der Waals surface area contributed by atoms with Crippen LogP contribution in [0.4, 0.5) is 0 Å². The molecule has 64 heavy (non-hydrogen) atoms. The van der Waals surface area contributed by atoms with E-state index in [1.807, 2.05) is 0 Å². The molecule has 0 bridgehead atoms. The highest BCUT2D eigenvalue weighted by molar-refractivity contribution is 5.71. The van der Waals surface area contributed by atoms with Crippen LogP contribution in [-0.4, -0.2) is 37.2 Å². The van der Waals surface area contributed by atoms with E-state index in [4.69, 9.17) is 14.2 Å². The summed E-state index contributed by atoms with van der Waals surface area (Å²) in [5.74, 6) is 0.00953. The fourth-order valence-corrected chi connectivity index (χ4v) is 8.92. The van der Waals surface area contributed by atoms with Gasteiger partial charge in [0.25, 0.3) is 0 Å². The van der Waals surface area contributed by atoms with Gasteiger partial charge in [-0.3, -0.25) is 14.4 Å². The Bertz CT molecular complexity index is 964. The lowest BCUT2D eigenvalue weighted by Crippen LogP contribution is -2.30. The molecule has 0 aromatic rings. The van der Waals surface area contributed by atoms with Crippen molar-refractivity contribution in [2.75, 3.05) is 13.2 Å². The highest BCUT2D eigenvalue weighted by Gasteiger charge is 2.19. The zero-order valence-corrected chi connectivity index (χ0v) is 43.8. The largest absolute Gasteiger partial charge is 0.462 e. The summed E-state index contributed by atoms with van der Waals surface area (Å²) < 4.78 is 16.8. The van der Waals surface area contributed by atoms with Crippen LogP contribution in [0, 0.1) is 5.92 Å². The van der Waals surface area contributed by atoms with E-state index in [1.165, 1.54) is 225 Å². The second-order valence-electron chi connectivity index (χ2n) is 20.4. The van der Waals surface area contributed by atoms with Crippen molar-refractivity contribution in [3.05, 3.63) is 0 Å². The zero-order chi connectivity index (χ0) is 46.7. The fourth-order valence-electron chi connectivity index (χ4n) is 8.92. The number of hydrogen-bond donors (Lipinski definition) is 0. The molecule has 0 unspecified atom stereocenters. The number of unbranched alkanes of at least 4 members (excludes halogenated alkanes) is 40. The quantitative estimate of drug-likeness (QED) is 0.0344. The van der Waals surface area contributed by atoms with Crippen molar-refractivity contribution in [2.24, 2.45) is 5.92 Å². The van der Waals surface area contributed by atoms with E-state index >= 15 is 0 Å². The minimum absolute atomic E-state index is 0.0622. The van der Waals surface area contributed by atoms with Crippen LogP contribution in [0.3, 0.4) is 0 Å². The summed E-state index contributed by atoms with van der Waals surface area (Å²) in [5.41, 5.74) is 0. The average molecular weight is 906 g/mol. The Morgan fingerprint density at radius 3 is 0.766 bits per heavy atom. The van der Waals surface area contributed by atoms with E-state index in [1.54, 1.807) is 0 Å². The van der Waals surface area contributed by atoms with E-state index in [2.05, 4.69) is 27.7 Å². The number of carbonyl (C=O) groups excluding carboxylic acids is 3. The maximum atomic E-state index is 12.8. The van der Waals surface area contributed by atoms with Crippen LogP contribution in [0.1, 0.15) is 329 Å². The van der Waals surface area contributed by atoms with Gasteiger partial charge < -0.3 is 14.2 Å². The van der Waals surface area contributed by atoms with Gasteiger partial charge in [-0.25, -0.2) is 0 Å². The molecule has 6 nitrogen and oxygen atoms in total. The van der Waals surface area contributed by atoms with E-state index in [0.29, 0.717) is 19.3 Å². The van der Waals surface area contributed by atoms with Crippen LogP contribution in [0.25, 0.3) is 0 Å². The van der Waals surface area contributed by atoms with E-state index in [9.17, 15) is 14.4 Å². The minimum Gasteiger partial charge on any atom is -0.462 e. The van der Waals surface area contributed by atoms with Crippen LogP contribution >= 0.6 is 0 Å². The lowest BCUT2D eigenvalue weighted by molar-refractivity contribution is -0.167. The standard InChI is InChI=1S/C58H112O6/c1-5-7-9-11-13-15-16-17-18-19-20-21-24-27-30-34-37-41-45-49-56(59)62-52-55(64-58(61)51-47-43-39-32-14-12-10-8-6-2)53-63-57(60)50-46-42-38-35-31-28-25-22-23-26-29-33-36-40-44-48-54(3)4/h54-55H,5-53H2,1-4H3/t55-/m1/s1. The van der Waals surface area contributed by atoms with E-state index in [0.717, 1.165) is 63.7 Å². The predicted molar refractivity (Wildman–Crippen MR) is 275 cm³/mol. The van der Waals surface area contributed by atoms with Crippen LogP contribution in [0.5, 0.6) is 0 Å². The first-order valence-electron chi connectivity index (χ1n) is 28.9. The van der Waals surface area contributed by atoms with Gasteiger partial charge in [0.2, 0.25) is 0 Å². The normalized spacial score (nSPS) is 12.0. The molecule has 0 N–H and O–H groups in total. The number of hydrogen-bond acceptors (Lipinski definition) is 6. The molecule has 0 aliphatic rings. The number of rotatable bonds is 53. The second kappa shape index (κ2) is 52.4. The van der Waals surface area contributed by atoms with Gasteiger partial charge in [0, 0.05) is 19.3 Å². The Morgan fingerprint density at radius 2 is 0.516 bits per heavy atom. The first kappa shape index (κ1) is 62.4. The Balaban J connectivity index is 4.17. The van der Waals surface area contributed by atoms with Crippen molar-refractivity contribution in [1.82, 2.24) is 0 Å². The molecule has 0 saturated carbocycles. The monoisotopic (exact) mass is 905 g/mol. The molecular weight excluding hydrogens is 793 g/mol. The third-order valence-electron chi connectivity index (χ3n) is 13.3. The maximum Gasteiger partial charge on any atom is 0.306 e. The molecule has 380 valence electrons. The summed E-state index contributed by atoms with van der Waals surface area (Å²) in [4.78, 5) is 38.0. The molecule has 0 aliphatic heterocycles. The molecular formula is C58H112O6. The molecule has 0 fully saturated rings. The molecule has 0 heterocycles. The molecule has 1 atom stereocenters. The topological polar surface area (TPSA) is 78.9 Å². The highest BCUT2D eigenvalue weighted by atomic mass is 16.6. The Hall–Kier alpha value is -1.59. The van der Waals surface area contributed by atoms with Crippen molar-refractivity contribution in [1.29, 1.82) is 0 Å². The fraction of sp³-hybridized carbons (Fsp3) is 0.948. The van der Waals surface area contributed by atoms with Gasteiger partial charge in [-0.2, -0.15) is 0 Å². The molecule has 0 aliphatic carbocycles. The average Bonchev–Trinajstić information content (AvgIpc) is 3.28. The Kier molecular flexibility index (Phi) is 51.1. The molecule has 0 amide bonds. The van der Waals surface area contributed by atoms with Crippen molar-refractivity contribution < 1.29 is 28.6 Å². The predicted octanol–water partition coefficient (Wildman–Crippen LogP) is 19.0. The Morgan fingerprint density at radius 1 is 0.297 bits per heavy atom. The van der Waals surface area contributed by atoms with Gasteiger partial charge in [0.15, 0.2) is 6.10 Å². The number of ether oxygens (including phenoxy) is 3. The first-order chi connectivity index (χ1) is 31.4. The van der Waals surface area contributed by atoms with Crippen molar-refractivity contribution >= 4 is 17.9 Å². The number of esters is 3. The first-order valence-corrected chi connectivity index (χ1v) is 28.9. The maximum absolute atomic E-state index is 12.8. The second-order valence-corrected chi connectivity index (χ2v) is 20.4. The third-order valence-corrected chi connectivity index (χ3v) is 13.3. The third kappa shape index (κ3) is 51.4. The van der Waals surface area contributed by atoms with E-state index in [-0.39, 0.29) is 31.1 Å². The number of carbonyl (C=O) groups is 3. The summed E-state index contributed by atoms with van der Waals surface area (Å²) in [7, 11) is 0. The van der Waals surface area contributed by atoms with Gasteiger partial charge in [0.1, 0.15) is 13.2 Å². The molecule has 0 rings (SSSR count).